The molecule has 0 aromatic rings. The van der Waals surface area contributed by atoms with Crippen molar-refractivity contribution >= 4 is 17.9 Å². The van der Waals surface area contributed by atoms with Gasteiger partial charge in [0.1, 0.15) is 13.2 Å². The van der Waals surface area contributed by atoms with Crippen molar-refractivity contribution in [2.45, 2.75) is 219 Å². The van der Waals surface area contributed by atoms with Crippen LogP contribution >= 0.6 is 0 Å². The molecule has 0 heterocycles. The van der Waals surface area contributed by atoms with Crippen LogP contribution < -0.4 is 0 Å². The highest BCUT2D eigenvalue weighted by molar-refractivity contribution is 5.71. The molecule has 0 aromatic heterocycles. The van der Waals surface area contributed by atoms with Crippen LogP contribution in [0.25, 0.3) is 0 Å². The van der Waals surface area contributed by atoms with Gasteiger partial charge in [0.05, 0.1) is 0 Å². The summed E-state index contributed by atoms with van der Waals surface area (Å²) in [5.74, 6) is -0.989. The number of hydrogen-bond acceptors (Lipinski definition) is 6. The summed E-state index contributed by atoms with van der Waals surface area (Å²) in [6, 6.07) is 0. The second-order valence-electron chi connectivity index (χ2n) is 16.5. The maximum atomic E-state index is 12.8. The zero-order valence-electron chi connectivity index (χ0n) is 40.5. The van der Waals surface area contributed by atoms with Gasteiger partial charge in [-0.2, -0.15) is 0 Å². The van der Waals surface area contributed by atoms with Crippen LogP contribution in [0.1, 0.15) is 213 Å². The minimum Gasteiger partial charge on any atom is -0.462 e. The van der Waals surface area contributed by atoms with Gasteiger partial charge in [-0.1, -0.05) is 220 Å². The summed E-state index contributed by atoms with van der Waals surface area (Å²) in [7, 11) is 0. The number of rotatable bonds is 44. The average molecular weight is 873 g/mol. The standard InChI is InChI=1S/C57H92O6/c1-4-7-10-13-16-19-22-24-26-28-30-31-33-35-38-41-44-47-50-56(59)62-53-54(52-61-55(58)49-46-43-40-37-21-18-15-12-9-6-3)63-57(60)51-48-45-42-39-36-34-32-29-27-25-23-20-17-14-11-8-5-2/h8,11,14-15,17-18,20,23,25-32,34,36,54H,4-7,9-10,12-13,16,19,21-22,24,33,35,37-53H2,1-3H3/b11-8-,17-14-,18-15-,23-20-,27-25-,28-26-,31-30-,32-29+,36-34-. The van der Waals surface area contributed by atoms with E-state index in [1.54, 1.807) is 0 Å². The number of ether oxygens (including phenoxy) is 3. The fraction of sp³-hybridized carbons (Fsp3) is 0.632. The van der Waals surface area contributed by atoms with Gasteiger partial charge in [-0.15, -0.1) is 0 Å². The predicted octanol–water partition coefficient (Wildman–Crippen LogP) is 16.8. The van der Waals surface area contributed by atoms with Gasteiger partial charge in [0, 0.05) is 19.3 Å². The lowest BCUT2D eigenvalue weighted by molar-refractivity contribution is -0.167. The average Bonchev–Trinajstić information content (AvgIpc) is 3.28. The third-order valence-corrected chi connectivity index (χ3v) is 10.4. The zero-order chi connectivity index (χ0) is 45.8. The first-order chi connectivity index (χ1) is 31.0. The predicted molar refractivity (Wildman–Crippen MR) is 270 cm³/mol. The Kier molecular flexibility index (Phi) is 47.5. The molecule has 0 N–H and O–H groups in total. The van der Waals surface area contributed by atoms with E-state index >= 15 is 0 Å². The molecule has 1 unspecified atom stereocenters. The number of carbonyl (C=O) groups is 3. The minimum atomic E-state index is -0.813. The molecule has 0 rings (SSSR count). The van der Waals surface area contributed by atoms with Gasteiger partial charge in [0.25, 0.3) is 0 Å². The zero-order valence-corrected chi connectivity index (χ0v) is 40.5. The molecule has 0 saturated heterocycles. The van der Waals surface area contributed by atoms with Crippen LogP contribution in [-0.2, 0) is 28.6 Å². The normalized spacial score (nSPS) is 13.0. The molecule has 0 aromatic carbocycles. The molecule has 0 aliphatic heterocycles. The molecule has 0 spiro atoms. The summed E-state index contributed by atoms with van der Waals surface area (Å²) in [6.45, 7) is 6.37. The molecular formula is C57H92O6. The molecule has 0 saturated carbocycles. The van der Waals surface area contributed by atoms with Crippen LogP contribution in [0.4, 0.5) is 0 Å². The lowest BCUT2D eigenvalue weighted by atomic mass is 10.1. The molecule has 6 nitrogen and oxygen atoms in total. The van der Waals surface area contributed by atoms with Gasteiger partial charge in [-0.05, 0) is 83.5 Å². The molecule has 356 valence electrons. The minimum absolute atomic E-state index is 0.110. The number of esters is 3. The van der Waals surface area contributed by atoms with E-state index in [0.717, 1.165) is 103 Å². The highest BCUT2D eigenvalue weighted by Gasteiger charge is 2.19. The number of carbonyl (C=O) groups excluding carboxylic acids is 3. The lowest BCUT2D eigenvalue weighted by Gasteiger charge is -2.18. The van der Waals surface area contributed by atoms with Gasteiger partial charge in [0.2, 0.25) is 0 Å². The number of allylic oxidation sites excluding steroid dienone is 18. The fourth-order valence-corrected chi connectivity index (χ4v) is 6.56. The first-order valence-electron chi connectivity index (χ1n) is 25.5. The van der Waals surface area contributed by atoms with Gasteiger partial charge < -0.3 is 14.2 Å². The monoisotopic (exact) mass is 873 g/mol. The SMILES string of the molecule is CC\C=C/C=C\C=C/C=C\C=C\C=C/CCCCCC(=O)OC(COC(=O)CCCCCC/C=C\CCCC)COC(=O)CCCCCCC/C=C\C=C/CCCCCCCCC. The van der Waals surface area contributed by atoms with Gasteiger partial charge in [0.15, 0.2) is 6.10 Å². The van der Waals surface area contributed by atoms with Crippen molar-refractivity contribution in [3.05, 3.63) is 109 Å². The lowest BCUT2D eigenvalue weighted by Crippen LogP contribution is -2.30. The Morgan fingerprint density at radius 3 is 1.10 bits per heavy atom. The second kappa shape index (κ2) is 50.7. The first-order valence-corrected chi connectivity index (χ1v) is 25.5. The van der Waals surface area contributed by atoms with Gasteiger partial charge in [-0.3, -0.25) is 14.4 Å². The summed E-state index contributed by atoms with van der Waals surface area (Å²) in [5.41, 5.74) is 0. The van der Waals surface area contributed by atoms with Crippen LogP contribution in [0, 0.1) is 0 Å². The Morgan fingerprint density at radius 2 is 0.651 bits per heavy atom. The molecular weight excluding hydrogens is 781 g/mol. The molecule has 0 radical (unpaired) electrons. The van der Waals surface area contributed by atoms with E-state index in [0.29, 0.717) is 19.3 Å². The summed E-state index contributed by atoms with van der Waals surface area (Å²) < 4.78 is 16.7. The number of hydrogen-bond donors (Lipinski definition) is 0. The van der Waals surface area contributed by atoms with Crippen LogP contribution in [0.5, 0.6) is 0 Å². The summed E-state index contributed by atoms with van der Waals surface area (Å²) in [5, 5.41) is 0. The summed E-state index contributed by atoms with van der Waals surface area (Å²) in [4.78, 5) is 37.9. The fourth-order valence-electron chi connectivity index (χ4n) is 6.56. The van der Waals surface area contributed by atoms with Crippen molar-refractivity contribution in [2.75, 3.05) is 13.2 Å². The van der Waals surface area contributed by atoms with Crippen LogP contribution in [0.15, 0.2) is 109 Å². The van der Waals surface area contributed by atoms with E-state index in [1.807, 2.05) is 60.8 Å². The van der Waals surface area contributed by atoms with Crippen molar-refractivity contribution in [3.63, 3.8) is 0 Å². The van der Waals surface area contributed by atoms with Crippen molar-refractivity contribution in [3.8, 4) is 0 Å². The van der Waals surface area contributed by atoms with Crippen LogP contribution in [0.3, 0.4) is 0 Å². The Bertz CT molecular complexity index is 1330. The van der Waals surface area contributed by atoms with Gasteiger partial charge >= 0.3 is 17.9 Å². The van der Waals surface area contributed by atoms with E-state index < -0.39 is 6.10 Å². The molecule has 0 fully saturated rings. The largest absolute Gasteiger partial charge is 0.462 e. The Hall–Kier alpha value is -3.93. The van der Waals surface area contributed by atoms with E-state index in [4.69, 9.17) is 14.2 Å². The van der Waals surface area contributed by atoms with Crippen LogP contribution in [0.2, 0.25) is 0 Å². The first kappa shape index (κ1) is 59.1. The van der Waals surface area contributed by atoms with E-state index in [1.165, 1.54) is 64.2 Å². The maximum Gasteiger partial charge on any atom is 0.306 e. The smallest absolute Gasteiger partial charge is 0.306 e. The Balaban J connectivity index is 4.50. The van der Waals surface area contributed by atoms with Crippen LogP contribution in [-0.4, -0.2) is 37.2 Å². The van der Waals surface area contributed by atoms with E-state index in [-0.39, 0.29) is 37.5 Å². The third-order valence-electron chi connectivity index (χ3n) is 10.4. The maximum absolute atomic E-state index is 12.8. The topological polar surface area (TPSA) is 78.9 Å². The second-order valence-corrected chi connectivity index (χ2v) is 16.5. The van der Waals surface area contributed by atoms with Crippen molar-refractivity contribution in [1.82, 2.24) is 0 Å². The highest BCUT2D eigenvalue weighted by Crippen LogP contribution is 2.13. The number of unbranched alkanes of at least 4 members (excludes halogenated alkanes) is 21. The summed E-state index contributed by atoms with van der Waals surface area (Å²) in [6.07, 6.45) is 67.9. The molecule has 0 amide bonds. The van der Waals surface area contributed by atoms with Crippen molar-refractivity contribution < 1.29 is 28.6 Å². The molecule has 63 heavy (non-hydrogen) atoms. The van der Waals surface area contributed by atoms with Crippen molar-refractivity contribution in [1.29, 1.82) is 0 Å². The molecule has 0 aliphatic carbocycles. The molecule has 1 atom stereocenters. The highest BCUT2D eigenvalue weighted by atomic mass is 16.6. The Labute approximate surface area is 387 Å². The Morgan fingerprint density at radius 1 is 0.333 bits per heavy atom. The van der Waals surface area contributed by atoms with Crippen molar-refractivity contribution in [2.24, 2.45) is 0 Å². The van der Waals surface area contributed by atoms with E-state index in [9.17, 15) is 14.4 Å². The third kappa shape index (κ3) is 49.0. The van der Waals surface area contributed by atoms with E-state index in [2.05, 4.69) is 69.4 Å². The molecule has 0 bridgehead atoms. The molecule has 0 aliphatic rings. The summed E-state index contributed by atoms with van der Waals surface area (Å²) >= 11 is 0. The quantitative estimate of drug-likeness (QED) is 0.0199. The van der Waals surface area contributed by atoms with Gasteiger partial charge in [-0.25, -0.2) is 0 Å². The molecule has 6 heteroatoms.